The lowest BCUT2D eigenvalue weighted by atomic mass is 9.80. The van der Waals surface area contributed by atoms with Crippen molar-refractivity contribution >= 4 is 17.8 Å². The Labute approximate surface area is 177 Å². The fraction of sp³-hybridized carbons (Fsp3) is 0.609. The number of carbonyl (C=O) groups is 3. The topological polar surface area (TPSA) is 75.7 Å². The molecule has 6 nitrogen and oxygen atoms in total. The lowest BCUT2D eigenvalue weighted by Crippen LogP contribution is -2.46. The number of halogens is 1. The van der Waals surface area contributed by atoms with Gasteiger partial charge >= 0.3 is 5.97 Å². The van der Waals surface area contributed by atoms with Gasteiger partial charge in [-0.15, -0.1) is 0 Å². The average molecular weight is 419 g/mol. The second-order valence-corrected chi connectivity index (χ2v) is 8.48. The normalized spacial score (nSPS) is 22.4. The summed E-state index contributed by atoms with van der Waals surface area (Å²) in [6.45, 7) is 3.10. The van der Waals surface area contributed by atoms with E-state index in [4.69, 9.17) is 4.74 Å². The first-order valence-electron chi connectivity index (χ1n) is 10.8. The van der Waals surface area contributed by atoms with Crippen LogP contribution in [0.5, 0.6) is 0 Å². The van der Waals surface area contributed by atoms with Crippen molar-refractivity contribution in [2.45, 2.75) is 52.0 Å². The molecule has 1 saturated carbocycles. The maximum atomic E-state index is 13.6. The van der Waals surface area contributed by atoms with E-state index in [1.165, 1.54) is 13.2 Å². The predicted molar refractivity (Wildman–Crippen MR) is 110 cm³/mol. The highest BCUT2D eigenvalue weighted by atomic mass is 19.1. The van der Waals surface area contributed by atoms with Crippen molar-refractivity contribution in [2.75, 3.05) is 20.2 Å². The second-order valence-electron chi connectivity index (χ2n) is 8.48. The zero-order valence-electron chi connectivity index (χ0n) is 17.8. The first-order valence-corrected chi connectivity index (χ1v) is 10.8. The standard InChI is InChI=1S/C23H31FN2O4/c1-15-6-7-16(12-20(15)24)14-25-21(27)17-8-10-26(11-9-17)22(28)18-4-3-5-19(13-18)23(29)30-2/h6-7,12,17-19H,3-5,8-11,13-14H2,1-2H3,(H,25,27). The van der Waals surface area contributed by atoms with Gasteiger partial charge in [0.2, 0.25) is 11.8 Å². The van der Waals surface area contributed by atoms with Crippen LogP contribution in [-0.2, 0) is 25.7 Å². The number of esters is 1. The van der Waals surface area contributed by atoms with Gasteiger partial charge in [0.15, 0.2) is 0 Å². The van der Waals surface area contributed by atoms with Gasteiger partial charge in [-0.05, 0) is 56.2 Å². The number of amides is 2. The Bertz CT molecular complexity index is 789. The summed E-state index contributed by atoms with van der Waals surface area (Å²) in [5.41, 5.74) is 1.31. The van der Waals surface area contributed by atoms with Gasteiger partial charge in [0.25, 0.3) is 0 Å². The van der Waals surface area contributed by atoms with Gasteiger partial charge in [0, 0.05) is 31.5 Å². The Balaban J connectivity index is 1.45. The van der Waals surface area contributed by atoms with Crippen LogP contribution in [0.3, 0.4) is 0 Å². The summed E-state index contributed by atoms with van der Waals surface area (Å²) in [6.07, 6.45) is 4.23. The SMILES string of the molecule is COC(=O)C1CCCC(C(=O)N2CCC(C(=O)NCc3ccc(C)c(F)c3)CC2)C1. The van der Waals surface area contributed by atoms with E-state index in [1.807, 2.05) is 11.0 Å². The van der Waals surface area contributed by atoms with Crippen LogP contribution in [0.4, 0.5) is 4.39 Å². The third kappa shape index (κ3) is 5.37. The van der Waals surface area contributed by atoms with E-state index in [0.717, 1.165) is 24.8 Å². The maximum Gasteiger partial charge on any atom is 0.308 e. The largest absolute Gasteiger partial charge is 0.469 e. The molecule has 1 heterocycles. The van der Waals surface area contributed by atoms with E-state index < -0.39 is 0 Å². The second kappa shape index (κ2) is 10.0. The molecule has 7 heteroatoms. The van der Waals surface area contributed by atoms with Crippen molar-refractivity contribution in [3.8, 4) is 0 Å². The number of ether oxygens (including phenoxy) is 1. The average Bonchev–Trinajstić information content (AvgIpc) is 2.78. The Hall–Kier alpha value is -2.44. The van der Waals surface area contributed by atoms with Crippen molar-refractivity contribution in [3.05, 3.63) is 35.1 Å². The number of nitrogens with zero attached hydrogens (tertiary/aromatic N) is 1. The van der Waals surface area contributed by atoms with Gasteiger partial charge in [-0.3, -0.25) is 14.4 Å². The van der Waals surface area contributed by atoms with Gasteiger partial charge in [-0.1, -0.05) is 18.6 Å². The summed E-state index contributed by atoms with van der Waals surface area (Å²) in [7, 11) is 1.39. The summed E-state index contributed by atoms with van der Waals surface area (Å²) in [5, 5.41) is 2.89. The van der Waals surface area contributed by atoms with E-state index >= 15 is 0 Å². The summed E-state index contributed by atoms with van der Waals surface area (Å²) in [6, 6.07) is 4.96. The summed E-state index contributed by atoms with van der Waals surface area (Å²) >= 11 is 0. The van der Waals surface area contributed by atoms with Gasteiger partial charge in [-0.2, -0.15) is 0 Å². The predicted octanol–water partition coefficient (Wildman–Crippen LogP) is 2.97. The highest BCUT2D eigenvalue weighted by Gasteiger charge is 2.35. The minimum absolute atomic E-state index is 0.0495. The number of rotatable bonds is 5. The summed E-state index contributed by atoms with van der Waals surface area (Å²) in [4.78, 5) is 39.0. The van der Waals surface area contributed by atoms with E-state index in [0.29, 0.717) is 44.5 Å². The quantitative estimate of drug-likeness (QED) is 0.746. The highest BCUT2D eigenvalue weighted by molar-refractivity contribution is 5.82. The number of benzene rings is 1. The Morgan fingerprint density at radius 3 is 2.47 bits per heavy atom. The molecule has 0 bridgehead atoms. The highest BCUT2D eigenvalue weighted by Crippen LogP contribution is 2.32. The van der Waals surface area contributed by atoms with Crippen LogP contribution in [0.2, 0.25) is 0 Å². The molecule has 0 aromatic heterocycles. The molecule has 30 heavy (non-hydrogen) atoms. The van der Waals surface area contributed by atoms with Crippen molar-refractivity contribution in [1.82, 2.24) is 10.2 Å². The lowest BCUT2D eigenvalue weighted by molar-refractivity contribution is -0.149. The molecule has 1 aromatic carbocycles. The molecular weight excluding hydrogens is 387 g/mol. The molecule has 1 aromatic rings. The molecule has 1 aliphatic heterocycles. The number of piperidine rings is 1. The number of hydrogen-bond donors (Lipinski definition) is 1. The number of methoxy groups -OCH3 is 1. The summed E-state index contributed by atoms with van der Waals surface area (Å²) < 4.78 is 18.5. The number of carbonyl (C=O) groups excluding carboxylic acids is 3. The molecule has 1 N–H and O–H groups in total. The van der Waals surface area contributed by atoms with Gasteiger partial charge in [0.1, 0.15) is 5.82 Å². The van der Waals surface area contributed by atoms with Gasteiger partial charge in [0.05, 0.1) is 13.0 Å². The van der Waals surface area contributed by atoms with Crippen molar-refractivity contribution in [2.24, 2.45) is 17.8 Å². The lowest BCUT2D eigenvalue weighted by Gasteiger charge is -2.35. The molecular formula is C23H31FN2O4. The molecule has 2 atom stereocenters. The van der Waals surface area contributed by atoms with Crippen molar-refractivity contribution in [1.29, 1.82) is 0 Å². The van der Waals surface area contributed by atoms with E-state index in [2.05, 4.69) is 5.32 Å². The molecule has 3 rings (SSSR count). The molecule has 164 valence electrons. The zero-order valence-corrected chi connectivity index (χ0v) is 17.8. The molecule has 2 amide bonds. The van der Waals surface area contributed by atoms with Crippen molar-refractivity contribution < 1.29 is 23.5 Å². The smallest absolute Gasteiger partial charge is 0.308 e. The van der Waals surface area contributed by atoms with E-state index in [-0.39, 0.29) is 41.4 Å². The molecule has 0 radical (unpaired) electrons. The monoisotopic (exact) mass is 418 g/mol. The molecule has 0 spiro atoms. The van der Waals surface area contributed by atoms with E-state index in [9.17, 15) is 18.8 Å². The van der Waals surface area contributed by atoms with Crippen LogP contribution in [-0.4, -0.2) is 42.9 Å². The third-order valence-electron chi connectivity index (χ3n) is 6.44. The van der Waals surface area contributed by atoms with Crippen LogP contribution in [0.1, 0.15) is 49.7 Å². The Kier molecular flexibility index (Phi) is 7.45. The molecule has 2 fully saturated rings. The van der Waals surface area contributed by atoms with Gasteiger partial charge in [-0.25, -0.2) is 4.39 Å². The van der Waals surface area contributed by atoms with Crippen molar-refractivity contribution in [3.63, 3.8) is 0 Å². The fourth-order valence-electron chi connectivity index (χ4n) is 4.49. The maximum absolute atomic E-state index is 13.6. The minimum atomic E-state index is -0.272. The van der Waals surface area contributed by atoms with Crippen LogP contribution in [0.15, 0.2) is 18.2 Å². The summed E-state index contributed by atoms with van der Waals surface area (Å²) in [5.74, 6) is -0.915. The molecule has 2 aliphatic rings. The number of likely N-dealkylation sites (tertiary alicyclic amines) is 1. The van der Waals surface area contributed by atoms with Crippen LogP contribution in [0.25, 0.3) is 0 Å². The number of aryl methyl sites for hydroxylation is 1. The van der Waals surface area contributed by atoms with Gasteiger partial charge < -0.3 is 15.0 Å². The first-order chi connectivity index (χ1) is 14.4. The molecule has 1 saturated heterocycles. The van der Waals surface area contributed by atoms with E-state index in [1.54, 1.807) is 13.0 Å². The Morgan fingerprint density at radius 2 is 1.80 bits per heavy atom. The third-order valence-corrected chi connectivity index (χ3v) is 6.44. The molecule has 1 aliphatic carbocycles. The van der Waals surface area contributed by atoms with Crippen LogP contribution in [0, 0.1) is 30.5 Å². The fourth-order valence-corrected chi connectivity index (χ4v) is 4.49. The van der Waals surface area contributed by atoms with Crippen LogP contribution < -0.4 is 5.32 Å². The molecule has 2 unspecified atom stereocenters. The Morgan fingerprint density at radius 1 is 1.10 bits per heavy atom. The zero-order chi connectivity index (χ0) is 21.7. The van der Waals surface area contributed by atoms with Crippen LogP contribution >= 0.6 is 0 Å². The minimum Gasteiger partial charge on any atom is -0.469 e. The first kappa shape index (κ1) is 22.2. The number of nitrogens with one attached hydrogen (secondary N) is 1. The number of hydrogen-bond acceptors (Lipinski definition) is 4.